The molecule has 7 heteroatoms. The van der Waals surface area contributed by atoms with Crippen LogP contribution in [0.4, 0.5) is 10.5 Å². The van der Waals surface area contributed by atoms with Gasteiger partial charge >= 0.3 is 6.09 Å². The van der Waals surface area contributed by atoms with Gasteiger partial charge in [-0.15, -0.1) is 0 Å². The van der Waals surface area contributed by atoms with Gasteiger partial charge in [0, 0.05) is 11.7 Å². The topological polar surface area (TPSA) is 87.7 Å². The number of para-hydroxylation sites is 1. The normalized spacial score (nSPS) is 15.8. The van der Waals surface area contributed by atoms with Gasteiger partial charge < -0.3 is 20.3 Å². The molecule has 3 amide bonds. The first kappa shape index (κ1) is 31.2. The maximum Gasteiger partial charge on any atom is 0.408 e. The lowest BCUT2D eigenvalue weighted by Crippen LogP contribution is -2.58. The highest BCUT2D eigenvalue weighted by atomic mass is 16.6. The molecule has 40 heavy (non-hydrogen) atoms. The van der Waals surface area contributed by atoms with Gasteiger partial charge in [0.25, 0.3) is 5.91 Å². The second-order valence-corrected chi connectivity index (χ2v) is 12.3. The predicted octanol–water partition coefficient (Wildman–Crippen LogP) is 6.92. The summed E-state index contributed by atoms with van der Waals surface area (Å²) in [4.78, 5) is 43.6. The van der Waals surface area contributed by atoms with Crippen LogP contribution >= 0.6 is 0 Å². The fourth-order valence-corrected chi connectivity index (χ4v) is 5.32. The number of benzene rings is 2. The molecule has 0 bridgehead atoms. The van der Waals surface area contributed by atoms with Crippen LogP contribution in [0.1, 0.15) is 94.2 Å². The van der Waals surface area contributed by atoms with E-state index in [2.05, 4.69) is 10.6 Å². The van der Waals surface area contributed by atoms with Crippen LogP contribution in [0.3, 0.4) is 0 Å². The number of hydrogen-bond acceptors (Lipinski definition) is 4. The molecule has 2 aromatic rings. The highest BCUT2D eigenvalue weighted by molar-refractivity contribution is 6.00. The van der Waals surface area contributed by atoms with E-state index in [-0.39, 0.29) is 23.8 Å². The van der Waals surface area contributed by atoms with Crippen LogP contribution in [0.5, 0.6) is 0 Å². The molecule has 1 fully saturated rings. The Kier molecular flexibility index (Phi) is 10.0. The van der Waals surface area contributed by atoms with E-state index >= 15 is 0 Å². The standard InChI is InChI=1S/C33H47N3O4/c1-10-20(2)28(35-32(39)40-33(7,8)9)31(38)36(25-18-13-19-25)29(26-21(3)14-11-15-22(26)4)30(37)34-27-23(5)16-12-17-24(27)6/h11-12,14-17,20,25,28-29H,10,13,18-19H2,1-9H3,(H,34,37)(H,35,39). The van der Waals surface area contributed by atoms with E-state index in [1.165, 1.54) is 0 Å². The van der Waals surface area contributed by atoms with Crippen LogP contribution in [-0.2, 0) is 14.3 Å². The number of ether oxygens (including phenoxy) is 1. The third kappa shape index (κ3) is 7.23. The molecule has 0 saturated heterocycles. The van der Waals surface area contributed by atoms with E-state index in [0.29, 0.717) is 6.42 Å². The third-order valence-corrected chi connectivity index (χ3v) is 7.95. The summed E-state index contributed by atoms with van der Waals surface area (Å²) in [5, 5.41) is 6.04. The predicted molar refractivity (Wildman–Crippen MR) is 160 cm³/mol. The van der Waals surface area contributed by atoms with Crippen molar-refractivity contribution in [2.75, 3.05) is 5.32 Å². The summed E-state index contributed by atoms with van der Waals surface area (Å²) in [6.45, 7) is 17.2. The van der Waals surface area contributed by atoms with Crippen LogP contribution in [0, 0.1) is 33.6 Å². The summed E-state index contributed by atoms with van der Waals surface area (Å²) in [6, 6.07) is 10.0. The maximum atomic E-state index is 14.6. The minimum Gasteiger partial charge on any atom is -0.444 e. The van der Waals surface area contributed by atoms with Crippen molar-refractivity contribution >= 4 is 23.6 Å². The summed E-state index contributed by atoms with van der Waals surface area (Å²) in [7, 11) is 0. The Balaban J connectivity index is 2.13. The van der Waals surface area contributed by atoms with E-state index in [0.717, 1.165) is 52.8 Å². The van der Waals surface area contributed by atoms with Gasteiger partial charge in [-0.25, -0.2) is 4.79 Å². The molecule has 0 radical (unpaired) electrons. The quantitative estimate of drug-likeness (QED) is 0.355. The Morgan fingerprint density at radius 3 is 1.93 bits per heavy atom. The van der Waals surface area contributed by atoms with Crippen molar-refractivity contribution in [3.05, 3.63) is 64.2 Å². The fraction of sp³-hybridized carbons (Fsp3) is 0.545. The number of rotatable bonds is 9. The van der Waals surface area contributed by atoms with E-state index in [1.54, 1.807) is 25.7 Å². The monoisotopic (exact) mass is 549 g/mol. The molecule has 2 N–H and O–H groups in total. The highest BCUT2D eigenvalue weighted by Gasteiger charge is 2.44. The number of alkyl carbamates (subject to hydrolysis) is 1. The highest BCUT2D eigenvalue weighted by Crippen LogP contribution is 2.37. The van der Waals surface area contributed by atoms with Crippen molar-refractivity contribution in [1.29, 1.82) is 0 Å². The molecule has 7 nitrogen and oxygen atoms in total. The number of hydrogen-bond donors (Lipinski definition) is 2. The lowest BCUT2D eigenvalue weighted by molar-refractivity contribution is -0.147. The van der Waals surface area contributed by atoms with Gasteiger partial charge in [-0.1, -0.05) is 56.7 Å². The Hall–Kier alpha value is -3.35. The number of aryl methyl sites for hydroxylation is 4. The van der Waals surface area contributed by atoms with Crippen molar-refractivity contribution in [3.8, 4) is 0 Å². The van der Waals surface area contributed by atoms with E-state index in [9.17, 15) is 14.4 Å². The Morgan fingerprint density at radius 2 is 1.48 bits per heavy atom. The third-order valence-electron chi connectivity index (χ3n) is 7.95. The Morgan fingerprint density at radius 1 is 0.950 bits per heavy atom. The Labute approximate surface area is 240 Å². The zero-order valence-electron chi connectivity index (χ0n) is 25.7. The first-order valence-electron chi connectivity index (χ1n) is 14.5. The molecular formula is C33H47N3O4. The maximum absolute atomic E-state index is 14.6. The van der Waals surface area contributed by atoms with Gasteiger partial charge in [0.15, 0.2) is 0 Å². The van der Waals surface area contributed by atoms with Gasteiger partial charge in [-0.2, -0.15) is 0 Å². The van der Waals surface area contributed by atoms with Crippen molar-refractivity contribution in [1.82, 2.24) is 10.2 Å². The molecule has 3 atom stereocenters. The number of carbonyl (C=O) groups is 3. The van der Waals surface area contributed by atoms with Crippen molar-refractivity contribution in [2.24, 2.45) is 5.92 Å². The molecule has 1 saturated carbocycles. The zero-order valence-corrected chi connectivity index (χ0v) is 25.7. The minimum atomic E-state index is -0.856. The van der Waals surface area contributed by atoms with Crippen molar-refractivity contribution in [3.63, 3.8) is 0 Å². The second-order valence-electron chi connectivity index (χ2n) is 12.3. The van der Waals surface area contributed by atoms with E-state index in [1.807, 2.05) is 77.9 Å². The SMILES string of the molecule is CCC(C)C(NC(=O)OC(C)(C)C)C(=O)N(C1CCC1)C(C(=O)Nc1c(C)cccc1C)c1c(C)cccc1C. The van der Waals surface area contributed by atoms with Gasteiger partial charge in [0.2, 0.25) is 5.91 Å². The van der Waals surface area contributed by atoms with Crippen molar-refractivity contribution < 1.29 is 19.1 Å². The van der Waals surface area contributed by atoms with E-state index < -0.39 is 23.8 Å². The van der Waals surface area contributed by atoms with Gasteiger partial charge in [0.1, 0.15) is 17.7 Å². The van der Waals surface area contributed by atoms with Crippen LogP contribution in [0.2, 0.25) is 0 Å². The van der Waals surface area contributed by atoms with Gasteiger partial charge in [0.05, 0.1) is 0 Å². The summed E-state index contributed by atoms with van der Waals surface area (Å²) < 4.78 is 5.53. The number of carbonyl (C=O) groups excluding carboxylic acids is 3. The molecule has 0 aliphatic heterocycles. The summed E-state index contributed by atoms with van der Waals surface area (Å²) in [5.74, 6) is -0.674. The Bertz CT molecular complexity index is 1190. The fourth-order valence-electron chi connectivity index (χ4n) is 5.32. The second kappa shape index (κ2) is 12.9. The summed E-state index contributed by atoms with van der Waals surface area (Å²) in [5.41, 5.74) is 4.69. The number of nitrogens with zero attached hydrogens (tertiary/aromatic N) is 1. The summed E-state index contributed by atoms with van der Waals surface area (Å²) >= 11 is 0. The lowest BCUT2D eigenvalue weighted by atomic mass is 9.85. The number of nitrogens with one attached hydrogen (secondary N) is 2. The molecule has 1 aliphatic rings. The molecular weight excluding hydrogens is 502 g/mol. The van der Waals surface area contributed by atoms with Crippen LogP contribution in [0.25, 0.3) is 0 Å². The largest absolute Gasteiger partial charge is 0.444 e. The van der Waals surface area contributed by atoms with Crippen molar-refractivity contribution in [2.45, 2.75) is 112 Å². The summed E-state index contributed by atoms with van der Waals surface area (Å²) in [6.07, 6.45) is 2.64. The average Bonchev–Trinajstić information content (AvgIpc) is 2.83. The first-order chi connectivity index (χ1) is 18.7. The lowest BCUT2D eigenvalue weighted by Gasteiger charge is -2.45. The van der Waals surface area contributed by atoms with Gasteiger partial charge in [-0.3, -0.25) is 9.59 Å². The van der Waals surface area contributed by atoms with Crippen LogP contribution in [-0.4, -0.2) is 40.5 Å². The van der Waals surface area contributed by atoms with Gasteiger partial charge in [-0.05, 0) is 101 Å². The zero-order chi connectivity index (χ0) is 29.8. The molecule has 218 valence electrons. The number of amides is 3. The molecule has 0 heterocycles. The molecule has 0 spiro atoms. The minimum absolute atomic E-state index is 0.104. The molecule has 0 aromatic heterocycles. The van der Waals surface area contributed by atoms with E-state index in [4.69, 9.17) is 4.74 Å². The molecule has 1 aliphatic carbocycles. The first-order valence-corrected chi connectivity index (χ1v) is 14.5. The molecule has 3 rings (SSSR count). The smallest absolute Gasteiger partial charge is 0.408 e. The van der Waals surface area contributed by atoms with Crippen LogP contribution in [0.15, 0.2) is 36.4 Å². The number of anilines is 1. The molecule has 2 aromatic carbocycles. The van der Waals surface area contributed by atoms with Crippen LogP contribution < -0.4 is 10.6 Å². The average molecular weight is 550 g/mol. The molecule has 3 unspecified atom stereocenters.